The van der Waals surface area contributed by atoms with E-state index in [0.29, 0.717) is 23.9 Å². The summed E-state index contributed by atoms with van der Waals surface area (Å²) >= 11 is 0. The smallest absolute Gasteiger partial charge is 0.310 e. The second-order valence-corrected chi connectivity index (χ2v) is 8.39. The Morgan fingerprint density at radius 2 is 1.77 bits per heavy atom. The molecule has 0 bridgehead atoms. The van der Waals surface area contributed by atoms with Gasteiger partial charge in [0.05, 0.1) is 6.54 Å². The van der Waals surface area contributed by atoms with Crippen molar-refractivity contribution in [1.29, 1.82) is 0 Å². The van der Waals surface area contributed by atoms with E-state index in [2.05, 4.69) is 61.3 Å². The summed E-state index contributed by atoms with van der Waals surface area (Å²) in [7, 11) is 0. The first-order chi connectivity index (χ1) is 17.0. The molecule has 0 atom stereocenters. The fourth-order valence-corrected chi connectivity index (χ4v) is 4.27. The molecule has 1 aliphatic heterocycles. The van der Waals surface area contributed by atoms with E-state index < -0.39 is 0 Å². The lowest BCUT2D eigenvalue weighted by Crippen LogP contribution is -2.24. The van der Waals surface area contributed by atoms with Crippen LogP contribution in [0.4, 0.5) is 5.82 Å². The molecule has 35 heavy (non-hydrogen) atoms. The highest BCUT2D eigenvalue weighted by Gasteiger charge is 2.30. The Balaban J connectivity index is 0.000000917. The van der Waals surface area contributed by atoms with Gasteiger partial charge in [0.25, 0.3) is 5.91 Å². The third-order valence-electron chi connectivity index (χ3n) is 5.99. The highest BCUT2D eigenvalue weighted by Crippen LogP contribution is 2.33. The summed E-state index contributed by atoms with van der Waals surface area (Å²) < 4.78 is 1.98. The van der Waals surface area contributed by atoms with Gasteiger partial charge in [0.15, 0.2) is 5.82 Å². The second kappa shape index (κ2) is 10.2. The van der Waals surface area contributed by atoms with Crippen molar-refractivity contribution < 1.29 is 14.4 Å². The first-order valence-electron chi connectivity index (χ1n) is 11.4. The minimum Gasteiger partial charge on any atom is -0.310 e. The first kappa shape index (κ1) is 23.7. The van der Waals surface area contributed by atoms with E-state index in [1.54, 1.807) is 11.2 Å². The van der Waals surface area contributed by atoms with Gasteiger partial charge in [-0.05, 0) is 60.7 Å². The zero-order valence-electron chi connectivity index (χ0n) is 19.8. The molecule has 0 spiro atoms. The predicted octanol–water partition coefficient (Wildman–Crippen LogP) is 4.73. The molecule has 5 rings (SSSR count). The average Bonchev–Trinajstić information content (AvgIpc) is 3.50. The van der Waals surface area contributed by atoms with E-state index in [0.717, 1.165) is 23.1 Å². The molecule has 0 fully saturated rings. The summed E-state index contributed by atoms with van der Waals surface area (Å²) in [6, 6.07) is 20.5. The maximum Gasteiger partial charge on any atom is 0.373 e. The van der Waals surface area contributed by atoms with Crippen molar-refractivity contribution in [2.45, 2.75) is 39.8 Å². The van der Waals surface area contributed by atoms with Crippen LogP contribution in [0.5, 0.6) is 0 Å². The number of amides is 1. The third-order valence-corrected chi connectivity index (χ3v) is 5.99. The summed E-state index contributed by atoms with van der Waals surface area (Å²) in [6.45, 7) is 6.81. The van der Waals surface area contributed by atoms with Crippen LogP contribution in [-0.4, -0.2) is 31.8 Å². The number of nitrogens with zero attached hydrogens (tertiary/aromatic N) is 5. The number of pyridine rings is 1. The largest absolute Gasteiger partial charge is 0.373 e. The average molecular weight is 468 g/mol. The monoisotopic (exact) mass is 467 g/mol. The Labute approximate surface area is 203 Å². The Hall–Kier alpha value is -4.42. The Kier molecular flexibility index (Phi) is 6.94. The van der Waals surface area contributed by atoms with Gasteiger partial charge in [0.1, 0.15) is 17.8 Å². The zero-order valence-corrected chi connectivity index (χ0v) is 19.8. The van der Waals surface area contributed by atoms with E-state index in [1.807, 2.05) is 34.9 Å². The van der Waals surface area contributed by atoms with Gasteiger partial charge < -0.3 is 4.57 Å². The predicted molar refractivity (Wildman–Crippen MR) is 130 cm³/mol. The number of aromatic nitrogens is 4. The number of carbonyl (C=O) groups is 1. The van der Waals surface area contributed by atoms with Crippen molar-refractivity contribution in [3.63, 3.8) is 0 Å². The Bertz CT molecular complexity index is 1400. The van der Waals surface area contributed by atoms with Gasteiger partial charge in [-0.15, -0.1) is 10.2 Å². The molecule has 0 saturated heterocycles. The highest BCUT2D eigenvalue weighted by atomic mass is 16.2. The van der Waals surface area contributed by atoms with Crippen molar-refractivity contribution in [2.24, 2.45) is 0 Å². The van der Waals surface area contributed by atoms with Crippen LogP contribution in [0.15, 0.2) is 67.0 Å². The van der Waals surface area contributed by atoms with Gasteiger partial charge in [0, 0.05) is 11.6 Å². The molecule has 0 aliphatic carbocycles. The van der Waals surface area contributed by atoms with E-state index in [4.69, 9.17) is 14.6 Å². The molecule has 3 heterocycles. The number of carbonyl (C=O) groups excluding carboxylic acids is 3. The van der Waals surface area contributed by atoms with Crippen LogP contribution < -0.4 is 4.90 Å². The summed E-state index contributed by atoms with van der Waals surface area (Å²) in [5.41, 5.74) is 5.99. The van der Waals surface area contributed by atoms with Crippen LogP contribution in [0.25, 0.3) is 22.6 Å². The molecule has 4 aromatic rings. The van der Waals surface area contributed by atoms with Crippen molar-refractivity contribution in [3.8, 4) is 22.6 Å². The number of benzene rings is 2. The number of aryl methyl sites for hydroxylation is 1. The number of anilines is 1. The van der Waals surface area contributed by atoms with E-state index >= 15 is 0 Å². The molecule has 2 aromatic heterocycles. The third kappa shape index (κ3) is 4.65. The van der Waals surface area contributed by atoms with Crippen LogP contribution in [0, 0.1) is 0 Å². The molecule has 2 aromatic carbocycles. The van der Waals surface area contributed by atoms with Gasteiger partial charge >= 0.3 is 6.15 Å². The maximum absolute atomic E-state index is 13.4. The van der Waals surface area contributed by atoms with Crippen molar-refractivity contribution in [1.82, 2.24) is 19.7 Å². The van der Waals surface area contributed by atoms with Crippen molar-refractivity contribution >= 4 is 17.9 Å². The Morgan fingerprint density at radius 3 is 2.51 bits per heavy atom. The number of fused-ring (bicyclic) bond motifs is 1. The molecular weight excluding hydrogens is 442 g/mol. The molecule has 8 heteroatoms. The van der Waals surface area contributed by atoms with Crippen LogP contribution in [0.2, 0.25) is 0 Å². The van der Waals surface area contributed by atoms with Gasteiger partial charge in [-0.25, -0.2) is 4.98 Å². The molecule has 1 aliphatic rings. The number of hydrogen-bond donors (Lipinski definition) is 0. The van der Waals surface area contributed by atoms with Crippen LogP contribution >= 0.6 is 0 Å². The lowest BCUT2D eigenvalue weighted by molar-refractivity contribution is -0.191. The zero-order chi connectivity index (χ0) is 24.9. The Morgan fingerprint density at radius 1 is 1.00 bits per heavy atom. The van der Waals surface area contributed by atoms with Gasteiger partial charge in [-0.1, -0.05) is 49.4 Å². The van der Waals surface area contributed by atoms with Crippen molar-refractivity contribution in [2.75, 3.05) is 4.90 Å². The lowest BCUT2D eigenvalue weighted by atomic mass is 9.95. The van der Waals surface area contributed by atoms with E-state index in [1.165, 1.54) is 11.1 Å². The fraction of sp³-hybridized carbons (Fsp3) is 0.222. The fourth-order valence-electron chi connectivity index (χ4n) is 4.27. The summed E-state index contributed by atoms with van der Waals surface area (Å²) in [4.78, 5) is 36.1. The normalized spacial score (nSPS) is 12.2. The molecule has 0 unspecified atom stereocenters. The quantitative estimate of drug-likeness (QED) is 0.421. The van der Waals surface area contributed by atoms with E-state index in [9.17, 15) is 4.79 Å². The van der Waals surface area contributed by atoms with Crippen molar-refractivity contribution in [3.05, 3.63) is 83.7 Å². The standard InChI is InChI=1S/C26H25N5O.CO2/c1-4-18-8-5-6-9-21(18)19-12-13-20-15-30(26(32)22(20)14-19)24-11-7-10-23(28-24)25-29-27-16-31(25)17(2)3;2-1-3/h5-14,16-17H,4,15H2,1-3H3;. The molecule has 176 valence electrons. The van der Waals surface area contributed by atoms with Crippen LogP contribution in [-0.2, 0) is 22.6 Å². The SMILES string of the molecule is CCc1ccccc1-c1ccc2c(c1)C(=O)N(c1cccc(-c3nncn3C(C)C)n1)C2.O=C=O. The van der Waals surface area contributed by atoms with E-state index in [-0.39, 0.29) is 18.1 Å². The molecule has 1 amide bonds. The molecule has 0 N–H and O–H groups in total. The molecule has 0 saturated carbocycles. The summed E-state index contributed by atoms with van der Waals surface area (Å²) in [5, 5.41) is 8.28. The number of rotatable bonds is 5. The lowest BCUT2D eigenvalue weighted by Gasteiger charge is -2.16. The van der Waals surface area contributed by atoms with Crippen LogP contribution in [0.1, 0.15) is 48.3 Å². The maximum atomic E-state index is 13.4. The minimum atomic E-state index is -0.0224. The number of hydrogen-bond acceptors (Lipinski definition) is 6. The first-order valence-corrected chi connectivity index (χ1v) is 11.4. The molecular formula is C27H25N5O3. The topological polar surface area (TPSA) is 98.1 Å². The molecule has 8 nitrogen and oxygen atoms in total. The van der Waals surface area contributed by atoms with Gasteiger partial charge in [-0.2, -0.15) is 9.59 Å². The second-order valence-electron chi connectivity index (χ2n) is 8.39. The summed E-state index contributed by atoms with van der Waals surface area (Å²) in [5.74, 6) is 1.30. The highest BCUT2D eigenvalue weighted by molar-refractivity contribution is 6.10. The molecule has 0 radical (unpaired) electrons. The van der Waals surface area contributed by atoms with Gasteiger partial charge in [-0.3, -0.25) is 9.69 Å². The minimum absolute atomic E-state index is 0.0224. The summed E-state index contributed by atoms with van der Waals surface area (Å²) in [6.07, 6.45) is 2.91. The van der Waals surface area contributed by atoms with Gasteiger partial charge in [0.2, 0.25) is 0 Å². The van der Waals surface area contributed by atoms with Crippen LogP contribution in [0.3, 0.4) is 0 Å².